The van der Waals surface area contributed by atoms with Gasteiger partial charge < -0.3 is 9.88 Å². The quantitative estimate of drug-likeness (QED) is 0.618. The average molecular weight is 410 g/mol. The molecule has 0 aliphatic carbocycles. The highest BCUT2D eigenvalue weighted by atomic mass is 79.9. The number of rotatable bonds is 4. The minimum atomic E-state index is -4.31. The smallest absolute Gasteiger partial charge is 0.352 e. The monoisotopic (exact) mass is 409 g/mol. The highest BCUT2D eigenvalue weighted by Gasteiger charge is 2.29. The molecule has 0 radical (unpaired) electrons. The van der Waals surface area contributed by atoms with Gasteiger partial charge in [0.2, 0.25) is 5.95 Å². The van der Waals surface area contributed by atoms with E-state index in [2.05, 4.69) is 26.2 Å². The zero-order valence-corrected chi connectivity index (χ0v) is 14.9. The summed E-state index contributed by atoms with van der Waals surface area (Å²) < 4.78 is 40.6. The molecular weight excluding hydrogens is 395 g/mol. The van der Waals surface area contributed by atoms with Crippen molar-refractivity contribution < 1.29 is 13.2 Å². The fraction of sp³-hybridized carbons (Fsp3) is 0.167. The lowest BCUT2D eigenvalue weighted by atomic mass is 10.1. The summed E-state index contributed by atoms with van der Waals surface area (Å²) in [4.78, 5) is 4.35. The molecule has 3 rings (SSSR count). The Hall–Kier alpha value is -2.28. The molecule has 0 aliphatic heterocycles. The third kappa shape index (κ3) is 4.04. The van der Waals surface area contributed by atoms with Crippen LogP contribution in [0.15, 0.2) is 59.2 Å². The van der Waals surface area contributed by atoms with Gasteiger partial charge in [-0.05, 0) is 29.8 Å². The molecule has 130 valence electrons. The van der Waals surface area contributed by atoms with E-state index in [1.165, 1.54) is 12.1 Å². The number of imidazole rings is 1. The van der Waals surface area contributed by atoms with E-state index in [-0.39, 0.29) is 0 Å². The number of halogens is 4. The molecule has 0 fully saturated rings. The summed E-state index contributed by atoms with van der Waals surface area (Å²) >= 11 is 3.45. The maximum absolute atomic E-state index is 12.6. The van der Waals surface area contributed by atoms with E-state index in [4.69, 9.17) is 0 Å². The van der Waals surface area contributed by atoms with Gasteiger partial charge in [-0.3, -0.25) is 0 Å². The molecule has 1 aromatic heterocycles. The van der Waals surface area contributed by atoms with Crippen molar-refractivity contribution >= 4 is 21.9 Å². The van der Waals surface area contributed by atoms with Crippen LogP contribution < -0.4 is 5.32 Å². The van der Waals surface area contributed by atoms with E-state index < -0.39 is 11.7 Å². The first kappa shape index (κ1) is 17.5. The molecule has 0 amide bonds. The van der Waals surface area contributed by atoms with Crippen molar-refractivity contribution in [2.45, 2.75) is 12.7 Å². The lowest BCUT2D eigenvalue weighted by Crippen LogP contribution is -2.07. The van der Waals surface area contributed by atoms with Crippen molar-refractivity contribution in [3.8, 4) is 11.3 Å². The van der Waals surface area contributed by atoms with Gasteiger partial charge in [0.1, 0.15) is 0 Å². The minimum absolute atomic E-state index is 0.390. The van der Waals surface area contributed by atoms with Gasteiger partial charge in [-0.25, -0.2) is 4.98 Å². The molecule has 0 saturated carbocycles. The molecule has 0 aliphatic rings. The zero-order valence-electron chi connectivity index (χ0n) is 13.3. The number of hydrogen-bond acceptors (Lipinski definition) is 2. The molecule has 3 nitrogen and oxygen atoms in total. The maximum atomic E-state index is 12.6. The maximum Gasteiger partial charge on any atom is 0.416 e. The van der Waals surface area contributed by atoms with Crippen molar-refractivity contribution in [3.05, 3.63) is 70.3 Å². The molecule has 0 spiro atoms. The number of nitrogens with one attached hydrogen (secondary N) is 1. The van der Waals surface area contributed by atoms with Crippen LogP contribution in [0.1, 0.15) is 11.1 Å². The second-order valence-corrected chi connectivity index (χ2v) is 6.50. The molecule has 1 N–H and O–H groups in total. The SMILES string of the molecule is Cn1c(-c2cccc(Br)c2)cnc1NCc1ccc(C(F)(F)F)cc1. The molecule has 25 heavy (non-hydrogen) atoms. The normalized spacial score (nSPS) is 11.6. The van der Waals surface area contributed by atoms with Crippen molar-refractivity contribution in [3.63, 3.8) is 0 Å². The van der Waals surface area contributed by atoms with Crippen molar-refractivity contribution in [1.82, 2.24) is 9.55 Å². The van der Waals surface area contributed by atoms with Gasteiger partial charge in [-0.1, -0.05) is 40.2 Å². The number of alkyl halides is 3. The third-order valence-corrected chi connectivity index (χ3v) is 4.33. The molecule has 0 saturated heterocycles. The van der Waals surface area contributed by atoms with Crippen LogP contribution >= 0.6 is 15.9 Å². The Bertz CT molecular complexity index is 870. The number of anilines is 1. The summed E-state index contributed by atoms with van der Waals surface area (Å²) in [7, 11) is 1.89. The van der Waals surface area contributed by atoms with Crippen LogP contribution in [0.5, 0.6) is 0 Å². The Morgan fingerprint density at radius 2 is 1.84 bits per heavy atom. The lowest BCUT2D eigenvalue weighted by molar-refractivity contribution is -0.137. The predicted molar refractivity (Wildman–Crippen MR) is 95.1 cm³/mol. The highest BCUT2D eigenvalue weighted by Crippen LogP contribution is 2.29. The summed E-state index contributed by atoms with van der Waals surface area (Å²) in [6.45, 7) is 0.390. The van der Waals surface area contributed by atoms with E-state index in [0.717, 1.165) is 33.4 Å². The summed E-state index contributed by atoms with van der Waals surface area (Å²) in [6.07, 6.45) is -2.55. The van der Waals surface area contributed by atoms with Gasteiger partial charge >= 0.3 is 6.18 Å². The number of benzene rings is 2. The standard InChI is InChI=1S/C18H15BrF3N3/c1-25-16(13-3-2-4-15(19)9-13)11-24-17(25)23-10-12-5-7-14(8-6-12)18(20,21)22/h2-9,11H,10H2,1H3,(H,23,24). The molecule has 7 heteroatoms. The second kappa shape index (κ2) is 6.92. The van der Waals surface area contributed by atoms with Crippen LogP contribution in [-0.4, -0.2) is 9.55 Å². The molecule has 0 atom stereocenters. The Balaban J connectivity index is 1.72. The summed E-state index contributed by atoms with van der Waals surface area (Å²) in [5, 5.41) is 3.15. The van der Waals surface area contributed by atoms with Crippen molar-refractivity contribution in [2.24, 2.45) is 7.05 Å². The Morgan fingerprint density at radius 3 is 2.48 bits per heavy atom. The van der Waals surface area contributed by atoms with Crippen LogP contribution in [0.3, 0.4) is 0 Å². The van der Waals surface area contributed by atoms with Crippen LogP contribution in [0.25, 0.3) is 11.3 Å². The van der Waals surface area contributed by atoms with E-state index in [9.17, 15) is 13.2 Å². The van der Waals surface area contributed by atoms with E-state index in [1.54, 1.807) is 6.20 Å². The van der Waals surface area contributed by atoms with Gasteiger partial charge in [0, 0.05) is 23.6 Å². The first-order valence-corrected chi connectivity index (χ1v) is 8.31. The molecule has 1 heterocycles. The van der Waals surface area contributed by atoms with E-state index in [1.807, 2.05) is 35.9 Å². The molecule has 2 aromatic carbocycles. The Labute approximate surface area is 151 Å². The zero-order chi connectivity index (χ0) is 18.0. The summed E-state index contributed by atoms with van der Waals surface area (Å²) in [5.74, 6) is 0.648. The van der Waals surface area contributed by atoms with Crippen LogP contribution in [0, 0.1) is 0 Å². The first-order valence-electron chi connectivity index (χ1n) is 7.52. The summed E-state index contributed by atoms with van der Waals surface area (Å²) in [5.41, 5.74) is 2.06. The van der Waals surface area contributed by atoms with Gasteiger partial charge in [-0.2, -0.15) is 13.2 Å². The summed E-state index contributed by atoms with van der Waals surface area (Å²) in [6, 6.07) is 13.0. The lowest BCUT2D eigenvalue weighted by Gasteiger charge is -2.10. The predicted octanol–water partition coefficient (Wildman–Crippen LogP) is 5.48. The van der Waals surface area contributed by atoms with Crippen LogP contribution in [0.4, 0.5) is 19.1 Å². The topological polar surface area (TPSA) is 29.9 Å². The molecule has 0 bridgehead atoms. The first-order chi connectivity index (χ1) is 11.8. The number of aromatic nitrogens is 2. The minimum Gasteiger partial charge on any atom is -0.352 e. The number of hydrogen-bond donors (Lipinski definition) is 1. The van der Waals surface area contributed by atoms with Gasteiger partial charge in [0.15, 0.2) is 0 Å². The largest absolute Gasteiger partial charge is 0.416 e. The van der Waals surface area contributed by atoms with E-state index >= 15 is 0 Å². The van der Waals surface area contributed by atoms with Crippen molar-refractivity contribution in [2.75, 3.05) is 5.32 Å². The van der Waals surface area contributed by atoms with Gasteiger partial charge in [0.05, 0.1) is 17.5 Å². The fourth-order valence-corrected chi connectivity index (χ4v) is 2.88. The van der Waals surface area contributed by atoms with Crippen LogP contribution in [-0.2, 0) is 19.8 Å². The fourth-order valence-electron chi connectivity index (χ4n) is 2.48. The van der Waals surface area contributed by atoms with Gasteiger partial charge in [-0.15, -0.1) is 0 Å². The second-order valence-electron chi connectivity index (χ2n) is 5.58. The third-order valence-electron chi connectivity index (χ3n) is 3.84. The molecule has 0 unspecified atom stereocenters. The highest BCUT2D eigenvalue weighted by molar-refractivity contribution is 9.10. The molecular formula is C18H15BrF3N3. The average Bonchev–Trinajstić information content (AvgIpc) is 2.93. The molecule has 3 aromatic rings. The Kier molecular flexibility index (Phi) is 4.85. The van der Waals surface area contributed by atoms with Gasteiger partial charge in [0.25, 0.3) is 0 Å². The van der Waals surface area contributed by atoms with Crippen molar-refractivity contribution in [1.29, 1.82) is 0 Å². The number of nitrogens with zero attached hydrogens (tertiary/aromatic N) is 2. The van der Waals surface area contributed by atoms with Crippen LogP contribution in [0.2, 0.25) is 0 Å². The van der Waals surface area contributed by atoms with E-state index in [0.29, 0.717) is 12.5 Å². The Morgan fingerprint density at radius 1 is 1.12 bits per heavy atom.